The largest absolute Gasteiger partial charge is 0.456 e. The first-order valence-corrected chi connectivity index (χ1v) is 6.47. The van der Waals surface area contributed by atoms with Gasteiger partial charge in [0, 0.05) is 32.9 Å². The van der Waals surface area contributed by atoms with Crippen molar-refractivity contribution in [3.8, 4) is 0 Å². The Morgan fingerprint density at radius 3 is 2.71 bits per heavy atom. The summed E-state index contributed by atoms with van der Waals surface area (Å²) in [6, 6.07) is 7.16. The van der Waals surface area contributed by atoms with Crippen molar-refractivity contribution in [2.75, 3.05) is 19.0 Å². The van der Waals surface area contributed by atoms with Crippen LogP contribution in [0.1, 0.15) is 33.6 Å². The molecule has 0 amide bonds. The van der Waals surface area contributed by atoms with E-state index in [0.717, 1.165) is 5.69 Å². The maximum atomic E-state index is 12.0. The van der Waals surface area contributed by atoms with Gasteiger partial charge >= 0.3 is 5.97 Å². The summed E-state index contributed by atoms with van der Waals surface area (Å²) in [4.78, 5) is 31.8. The lowest BCUT2D eigenvalue weighted by molar-refractivity contribution is 0.0468. The minimum atomic E-state index is -0.425. The number of imidazole rings is 1. The number of benzene rings is 1. The Kier molecular flexibility index (Phi) is 4.37. The first kappa shape index (κ1) is 14.8. The Bertz CT molecular complexity index is 662. The van der Waals surface area contributed by atoms with Crippen LogP contribution in [-0.4, -0.2) is 35.8 Å². The number of ether oxygens (including phenoxy) is 1. The molecule has 1 heterocycles. The molecule has 0 bridgehead atoms. The molecule has 0 saturated heterocycles. The van der Waals surface area contributed by atoms with E-state index in [1.165, 1.54) is 6.92 Å². The van der Waals surface area contributed by atoms with Crippen LogP contribution >= 0.6 is 0 Å². The molecule has 0 atom stereocenters. The van der Waals surface area contributed by atoms with E-state index in [-0.39, 0.29) is 18.2 Å². The zero-order valence-electron chi connectivity index (χ0n) is 12.2. The molecule has 1 aromatic heterocycles. The first-order valence-electron chi connectivity index (χ1n) is 6.47. The maximum Gasteiger partial charge on any atom is 0.338 e. The third kappa shape index (κ3) is 3.68. The third-order valence-corrected chi connectivity index (χ3v) is 2.91. The number of aromatic amines is 1. The van der Waals surface area contributed by atoms with Crippen molar-refractivity contribution >= 4 is 17.4 Å². The number of hydrogen-bond acceptors (Lipinski definition) is 5. The molecular formula is C15H17N3O3. The third-order valence-electron chi connectivity index (χ3n) is 2.91. The van der Waals surface area contributed by atoms with E-state index >= 15 is 0 Å². The van der Waals surface area contributed by atoms with E-state index in [0.29, 0.717) is 11.3 Å². The second kappa shape index (κ2) is 6.21. The van der Waals surface area contributed by atoms with Crippen LogP contribution in [0, 0.1) is 0 Å². The van der Waals surface area contributed by atoms with E-state index in [2.05, 4.69) is 9.97 Å². The minimum Gasteiger partial charge on any atom is -0.456 e. The van der Waals surface area contributed by atoms with Gasteiger partial charge in [0.15, 0.2) is 11.6 Å². The lowest BCUT2D eigenvalue weighted by Gasteiger charge is -2.13. The maximum absolute atomic E-state index is 12.0. The normalized spacial score (nSPS) is 10.2. The molecule has 0 aliphatic rings. The molecule has 2 rings (SSSR count). The summed E-state index contributed by atoms with van der Waals surface area (Å²) < 4.78 is 5.19. The van der Waals surface area contributed by atoms with E-state index in [9.17, 15) is 9.59 Å². The predicted molar refractivity (Wildman–Crippen MR) is 78.5 cm³/mol. The zero-order valence-corrected chi connectivity index (χ0v) is 12.2. The highest BCUT2D eigenvalue weighted by Crippen LogP contribution is 2.14. The minimum absolute atomic E-state index is 0.0226. The van der Waals surface area contributed by atoms with Crippen molar-refractivity contribution in [3.63, 3.8) is 0 Å². The smallest absolute Gasteiger partial charge is 0.338 e. The Balaban J connectivity index is 2.01. The van der Waals surface area contributed by atoms with Gasteiger partial charge in [0.2, 0.25) is 0 Å². The van der Waals surface area contributed by atoms with Gasteiger partial charge in [0.1, 0.15) is 6.61 Å². The molecule has 6 heteroatoms. The van der Waals surface area contributed by atoms with Gasteiger partial charge in [-0.05, 0) is 18.2 Å². The molecule has 21 heavy (non-hydrogen) atoms. The van der Waals surface area contributed by atoms with Crippen molar-refractivity contribution in [3.05, 3.63) is 47.5 Å². The molecule has 0 saturated carbocycles. The number of esters is 1. The first-order chi connectivity index (χ1) is 9.97. The number of nitrogens with zero attached hydrogens (tertiary/aromatic N) is 2. The van der Waals surface area contributed by atoms with Crippen LogP contribution in [0.5, 0.6) is 0 Å². The quantitative estimate of drug-likeness (QED) is 0.672. The van der Waals surface area contributed by atoms with Crippen molar-refractivity contribution in [2.45, 2.75) is 13.5 Å². The van der Waals surface area contributed by atoms with Gasteiger partial charge in [0.05, 0.1) is 11.3 Å². The second-order valence-corrected chi connectivity index (χ2v) is 4.82. The van der Waals surface area contributed by atoms with E-state index in [4.69, 9.17) is 4.74 Å². The predicted octanol–water partition coefficient (Wildman–Crippen LogP) is 2.04. The van der Waals surface area contributed by atoms with Crippen LogP contribution in [-0.2, 0) is 11.3 Å². The summed E-state index contributed by atoms with van der Waals surface area (Å²) in [6.45, 7) is 1.44. The summed E-state index contributed by atoms with van der Waals surface area (Å²) >= 11 is 0. The summed E-state index contributed by atoms with van der Waals surface area (Å²) in [5.41, 5.74) is 1.91. The number of nitrogens with one attached hydrogen (secondary N) is 1. The number of H-pyrrole nitrogens is 1. The van der Waals surface area contributed by atoms with Crippen molar-refractivity contribution in [1.29, 1.82) is 0 Å². The SMILES string of the molecule is CC(=O)c1nc(COC(=O)c2cccc(N(C)C)c2)c[nH]1. The summed E-state index contributed by atoms with van der Waals surface area (Å²) in [7, 11) is 3.80. The van der Waals surface area contributed by atoms with Crippen molar-refractivity contribution in [2.24, 2.45) is 0 Å². The molecule has 0 radical (unpaired) electrons. The summed E-state index contributed by atoms with van der Waals surface area (Å²) in [6.07, 6.45) is 1.56. The van der Waals surface area contributed by atoms with Gasteiger partial charge in [-0.25, -0.2) is 9.78 Å². The average Bonchev–Trinajstić information content (AvgIpc) is 2.94. The number of carbonyl (C=O) groups is 2. The fourth-order valence-corrected chi connectivity index (χ4v) is 1.75. The number of Topliss-reactive ketones (excluding diaryl/α,β-unsaturated/α-hetero) is 1. The van der Waals surface area contributed by atoms with Crippen molar-refractivity contribution < 1.29 is 14.3 Å². The lowest BCUT2D eigenvalue weighted by atomic mass is 10.2. The van der Waals surface area contributed by atoms with Gasteiger partial charge in [-0.15, -0.1) is 0 Å². The molecular weight excluding hydrogens is 270 g/mol. The molecule has 0 fully saturated rings. The van der Waals surface area contributed by atoms with Crippen LogP contribution in [0.4, 0.5) is 5.69 Å². The molecule has 0 unspecified atom stereocenters. The Morgan fingerprint density at radius 2 is 2.10 bits per heavy atom. The number of carbonyl (C=O) groups excluding carboxylic acids is 2. The molecule has 0 aliphatic heterocycles. The number of rotatable bonds is 5. The van der Waals surface area contributed by atoms with Crippen LogP contribution in [0.2, 0.25) is 0 Å². The standard InChI is InChI=1S/C15H17N3O3/c1-10(19)14-16-8-12(17-14)9-21-15(20)11-5-4-6-13(7-11)18(2)3/h4-8H,9H2,1-3H3,(H,16,17). The molecule has 0 aliphatic carbocycles. The zero-order chi connectivity index (χ0) is 15.4. The number of aromatic nitrogens is 2. The fourth-order valence-electron chi connectivity index (χ4n) is 1.75. The monoisotopic (exact) mass is 287 g/mol. The topological polar surface area (TPSA) is 75.3 Å². The average molecular weight is 287 g/mol. The van der Waals surface area contributed by atoms with Crippen LogP contribution in [0.25, 0.3) is 0 Å². The highest BCUT2D eigenvalue weighted by Gasteiger charge is 2.11. The lowest BCUT2D eigenvalue weighted by Crippen LogP contribution is -2.11. The second-order valence-electron chi connectivity index (χ2n) is 4.82. The van der Waals surface area contributed by atoms with Gasteiger partial charge in [0.25, 0.3) is 0 Å². The summed E-state index contributed by atoms with van der Waals surface area (Å²) in [5, 5.41) is 0. The molecule has 2 aromatic rings. The number of anilines is 1. The molecule has 1 N–H and O–H groups in total. The highest BCUT2D eigenvalue weighted by atomic mass is 16.5. The van der Waals surface area contributed by atoms with Crippen molar-refractivity contribution in [1.82, 2.24) is 9.97 Å². The van der Waals surface area contributed by atoms with Gasteiger partial charge in [-0.1, -0.05) is 6.07 Å². The molecule has 1 aromatic carbocycles. The number of hydrogen-bond donors (Lipinski definition) is 1. The van der Waals surface area contributed by atoms with E-state index < -0.39 is 5.97 Å². The molecule has 0 spiro atoms. The van der Waals surface area contributed by atoms with E-state index in [1.807, 2.05) is 25.1 Å². The van der Waals surface area contributed by atoms with Crippen LogP contribution in [0.3, 0.4) is 0 Å². The Hall–Kier alpha value is -2.63. The Morgan fingerprint density at radius 1 is 1.33 bits per heavy atom. The highest BCUT2D eigenvalue weighted by molar-refractivity contribution is 5.91. The van der Waals surface area contributed by atoms with Crippen LogP contribution < -0.4 is 4.90 Å². The van der Waals surface area contributed by atoms with Crippen LogP contribution in [0.15, 0.2) is 30.5 Å². The van der Waals surface area contributed by atoms with Gasteiger partial charge in [-0.3, -0.25) is 4.79 Å². The fraction of sp³-hybridized carbons (Fsp3) is 0.267. The summed E-state index contributed by atoms with van der Waals surface area (Å²) in [5.74, 6) is -0.326. The number of ketones is 1. The molecule has 110 valence electrons. The Labute approximate surface area is 122 Å². The van der Waals surface area contributed by atoms with Gasteiger partial charge < -0.3 is 14.6 Å². The van der Waals surface area contributed by atoms with E-state index in [1.54, 1.807) is 24.4 Å². The van der Waals surface area contributed by atoms with Gasteiger partial charge in [-0.2, -0.15) is 0 Å². The molecule has 6 nitrogen and oxygen atoms in total.